The second-order valence-corrected chi connectivity index (χ2v) is 6.73. The van der Waals surface area contributed by atoms with Gasteiger partial charge in [0.15, 0.2) is 0 Å². The molecule has 0 bridgehead atoms. The SMILES string of the molecule is C/C=C/COc1cc(C)c(OCCCCc2cccc(C=NOC)c2)c(C)c1. The number of hydrogen-bond acceptors (Lipinski definition) is 4. The molecule has 2 rings (SSSR count). The number of hydrogen-bond donors (Lipinski definition) is 0. The summed E-state index contributed by atoms with van der Waals surface area (Å²) < 4.78 is 11.8. The number of nitrogens with zero attached hydrogens (tertiary/aromatic N) is 1. The molecule has 0 aliphatic rings. The van der Waals surface area contributed by atoms with Gasteiger partial charge in [-0.25, -0.2) is 0 Å². The summed E-state index contributed by atoms with van der Waals surface area (Å²) in [5.41, 5.74) is 4.58. The summed E-state index contributed by atoms with van der Waals surface area (Å²) in [6, 6.07) is 12.4. The van der Waals surface area contributed by atoms with E-state index in [9.17, 15) is 0 Å². The fourth-order valence-corrected chi connectivity index (χ4v) is 3.01. The molecule has 4 nitrogen and oxygen atoms in total. The van der Waals surface area contributed by atoms with E-state index in [1.54, 1.807) is 13.3 Å². The van der Waals surface area contributed by atoms with Gasteiger partial charge >= 0.3 is 0 Å². The zero-order valence-corrected chi connectivity index (χ0v) is 17.4. The Morgan fingerprint density at radius 3 is 2.50 bits per heavy atom. The van der Waals surface area contributed by atoms with Crippen molar-refractivity contribution in [3.8, 4) is 11.5 Å². The van der Waals surface area contributed by atoms with Crippen LogP contribution in [0.25, 0.3) is 0 Å². The molecule has 28 heavy (non-hydrogen) atoms. The second-order valence-electron chi connectivity index (χ2n) is 6.73. The van der Waals surface area contributed by atoms with Crippen LogP contribution in [0, 0.1) is 13.8 Å². The molecule has 0 unspecified atom stereocenters. The van der Waals surface area contributed by atoms with Crippen molar-refractivity contribution in [1.29, 1.82) is 0 Å². The van der Waals surface area contributed by atoms with Gasteiger partial charge in [-0.3, -0.25) is 0 Å². The summed E-state index contributed by atoms with van der Waals surface area (Å²) in [7, 11) is 1.55. The first kappa shape index (κ1) is 21.5. The van der Waals surface area contributed by atoms with Crippen LogP contribution in [0.3, 0.4) is 0 Å². The third-order valence-corrected chi connectivity index (χ3v) is 4.38. The predicted octanol–water partition coefficient (Wildman–Crippen LogP) is 5.64. The lowest BCUT2D eigenvalue weighted by molar-refractivity contribution is 0.215. The fraction of sp³-hybridized carbons (Fsp3) is 0.375. The Bertz CT molecular complexity index is 773. The summed E-state index contributed by atoms with van der Waals surface area (Å²) in [6.45, 7) is 7.43. The first-order valence-electron chi connectivity index (χ1n) is 9.77. The van der Waals surface area contributed by atoms with Crippen LogP contribution in [0.15, 0.2) is 53.7 Å². The lowest BCUT2D eigenvalue weighted by Crippen LogP contribution is -2.02. The smallest absolute Gasteiger partial charge is 0.125 e. The molecule has 0 spiro atoms. The van der Waals surface area contributed by atoms with Gasteiger partial charge in [-0.2, -0.15) is 0 Å². The summed E-state index contributed by atoms with van der Waals surface area (Å²) in [4.78, 5) is 4.73. The predicted molar refractivity (Wildman–Crippen MR) is 116 cm³/mol. The van der Waals surface area contributed by atoms with E-state index in [0.717, 1.165) is 47.5 Å². The molecular formula is C24H31NO3. The topological polar surface area (TPSA) is 40.0 Å². The molecule has 0 aromatic heterocycles. The average Bonchev–Trinajstić information content (AvgIpc) is 2.68. The zero-order chi connectivity index (χ0) is 20.2. The Morgan fingerprint density at radius 1 is 1.00 bits per heavy atom. The maximum atomic E-state index is 6.06. The number of oxime groups is 1. The van der Waals surface area contributed by atoms with Crippen LogP contribution in [0.1, 0.15) is 42.0 Å². The standard InChI is InChI=1S/C24H31NO3/c1-5-6-13-27-23-15-19(2)24(20(3)16-23)28-14-8-7-10-21-11-9-12-22(17-21)18-25-26-4/h5-6,9,11-12,15-18H,7-8,10,13-14H2,1-4H3/b6-5+,25-18?. The van der Waals surface area contributed by atoms with Crippen molar-refractivity contribution in [2.45, 2.75) is 40.0 Å². The highest BCUT2D eigenvalue weighted by Crippen LogP contribution is 2.28. The Kier molecular flexibility index (Phi) is 9.13. The summed E-state index contributed by atoms with van der Waals surface area (Å²) in [6.07, 6.45) is 8.82. The number of aryl methyl sites for hydroxylation is 3. The first-order chi connectivity index (χ1) is 13.6. The highest BCUT2D eigenvalue weighted by molar-refractivity contribution is 5.79. The molecule has 0 radical (unpaired) electrons. The molecule has 0 heterocycles. The first-order valence-corrected chi connectivity index (χ1v) is 9.77. The minimum atomic E-state index is 0.591. The Hall–Kier alpha value is -2.75. The maximum Gasteiger partial charge on any atom is 0.125 e. The zero-order valence-electron chi connectivity index (χ0n) is 17.4. The van der Waals surface area contributed by atoms with Crippen molar-refractivity contribution in [3.63, 3.8) is 0 Å². The molecule has 0 saturated heterocycles. The molecule has 0 atom stereocenters. The molecule has 0 saturated carbocycles. The van der Waals surface area contributed by atoms with E-state index in [1.807, 2.05) is 37.3 Å². The van der Waals surface area contributed by atoms with Gasteiger partial charge in [-0.15, -0.1) is 0 Å². The summed E-state index contributed by atoms with van der Waals surface area (Å²) in [5, 5.41) is 3.81. The van der Waals surface area contributed by atoms with E-state index < -0.39 is 0 Å². The monoisotopic (exact) mass is 381 g/mol. The molecule has 150 valence electrons. The Morgan fingerprint density at radius 2 is 1.79 bits per heavy atom. The normalized spacial score (nSPS) is 11.3. The van der Waals surface area contributed by atoms with Gasteiger partial charge in [-0.05, 0) is 74.4 Å². The summed E-state index contributed by atoms with van der Waals surface area (Å²) in [5.74, 6) is 1.86. The Balaban J connectivity index is 1.79. The van der Waals surface area contributed by atoms with Crippen LogP contribution in [-0.2, 0) is 11.3 Å². The van der Waals surface area contributed by atoms with E-state index in [-0.39, 0.29) is 0 Å². The highest BCUT2D eigenvalue weighted by Gasteiger charge is 2.07. The van der Waals surface area contributed by atoms with Gasteiger partial charge in [-0.1, -0.05) is 41.6 Å². The number of unbranched alkanes of at least 4 members (excludes halogenated alkanes) is 1. The van der Waals surface area contributed by atoms with Crippen LogP contribution in [0.4, 0.5) is 0 Å². The number of benzene rings is 2. The second kappa shape index (κ2) is 11.9. The van der Waals surface area contributed by atoms with Crippen LogP contribution >= 0.6 is 0 Å². The number of allylic oxidation sites excluding steroid dienone is 1. The average molecular weight is 382 g/mol. The molecular weight excluding hydrogens is 350 g/mol. The minimum absolute atomic E-state index is 0.591. The quantitative estimate of drug-likeness (QED) is 0.219. The lowest BCUT2D eigenvalue weighted by atomic mass is 10.1. The molecule has 0 aliphatic carbocycles. The van der Waals surface area contributed by atoms with Gasteiger partial charge in [0.25, 0.3) is 0 Å². The lowest BCUT2D eigenvalue weighted by Gasteiger charge is -2.14. The molecule has 0 amide bonds. The van der Waals surface area contributed by atoms with Crippen molar-refractivity contribution in [3.05, 3.63) is 70.8 Å². The third-order valence-electron chi connectivity index (χ3n) is 4.38. The van der Waals surface area contributed by atoms with Crippen molar-refractivity contribution in [2.24, 2.45) is 5.16 Å². The van der Waals surface area contributed by atoms with Crippen molar-refractivity contribution >= 4 is 6.21 Å². The van der Waals surface area contributed by atoms with Crippen molar-refractivity contribution < 1.29 is 14.3 Å². The van der Waals surface area contributed by atoms with Crippen molar-refractivity contribution in [1.82, 2.24) is 0 Å². The molecule has 4 heteroatoms. The van der Waals surface area contributed by atoms with E-state index in [4.69, 9.17) is 14.3 Å². The van der Waals surface area contributed by atoms with E-state index in [1.165, 1.54) is 5.56 Å². The van der Waals surface area contributed by atoms with Gasteiger partial charge in [0, 0.05) is 0 Å². The molecule has 2 aromatic rings. The molecule has 0 aliphatic heterocycles. The highest BCUT2D eigenvalue weighted by atomic mass is 16.6. The van der Waals surface area contributed by atoms with E-state index in [0.29, 0.717) is 13.2 Å². The number of rotatable bonds is 11. The molecule has 2 aromatic carbocycles. The summed E-state index contributed by atoms with van der Waals surface area (Å²) >= 11 is 0. The minimum Gasteiger partial charge on any atom is -0.493 e. The largest absolute Gasteiger partial charge is 0.493 e. The third kappa shape index (κ3) is 7.10. The molecule has 0 fully saturated rings. The van der Waals surface area contributed by atoms with Crippen LogP contribution in [-0.4, -0.2) is 26.5 Å². The van der Waals surface area contributed by atoms with Gasteiger partial charge < -0.3 is 14.3 Å². The van der Waals surface area contributed by atoms with Gasteiger partial charge in [0.1, 0.15) is 25.2 Å². The van der Waals surface area contributed by atoms with Crippen molar-refractivity contribution in [2.75, 3.05) is 20.3 Å². The van der Waals surface area contributed by atoms with Crippen LogP contribution in [0.2, 0.25) is 0 Å². The van der Waals surface area contributed by atoms with Gasteiger partial charge in [0.2, 0.25) is 0 Å². The van der Waals surface area contributed by atoms with E-state index >= 15 is 0 Å². The number of ether oxygens (including phenoxy) is 2. The maximum absolute atomic E-state index is 6.06. The molecule has 0 N–H and O–H groups in total. The fourth-order valence-electron chi connectivity index (χ4n) is 3.01. The van der Waals surface area contributed by atoms with Crippen LogP contribution < -0.4 is 9.47 Å². The Labute approximate surface area is 168 Å². The van der Waals surface area contributed by atoms with E-state index in [2.05, 4.69) is 37.2 Å². The van der Waals surface area contributed by atoms with Crippen LogP contribution in [0.5, 0.6) is 11.5 Å². The van der Waals surface area contributed by atoms with Gasteiger partial charge in [0.05, 0.1) is 12.8 Å².